The Kier molecular flexibility index (Phi) is 10.1. The van der Waals surface area contributed by atoms with Crippen LogP contribution in [-0.4, -0.2) is 18.7 Å². The van der Waals surface area contributed by atoms with E-state index in [9.17, 15) is 0 Å². The van der Waals surface area contributed by atoms with Crippen LogP contribution in [0.1, 0.15) is 61.6 Å². The van der Waals surface area contributed by atoms with Crippen molar-refractivity contribution >= 4 is 11.5 Å². The Hall–Kier alpha value is -5.54. The molecule has 0 N–H and O–H groups in total. The Balaban J connectivity index is 0.00000197. The lowest BCUT2D eigenvalue weighted by atomic mass is 9.87. The molecule has 0 aliphatic heterocycles. The molecule has 238 valence electrons. The van der Waals surface area contributed by atoms with Gasteiger partial charge in [-0.25, -0.2) is 4.99 Å². The number of hydrogen-bond acceptors (Lipinski definition) is 2. The summed E-state index contributed by atoms with van der Waals surface area (Å²) in [5.74, 6) is 1.52. The van der Waals surface area contributed by atoms with Crippen LogP contribution in [0.25, 0.3) is 33.4 Å². The molecule has 0 amide bonds. The quantitative estimate of drug-likeness (QED) is 0.128. The average molecular weight is 627 g/mol. The first kappa shape index (κ1) is 32.4. The van der Waals surface area contributed by atoms with Crippen molar-refractivity contribution in [3.63, 3.8) is 0 Å². The van der Waals surface area contributed by atoms with Gasteiger partial charge in [-0.3, -0.25) is 4.99 Å². The molecule has 1 aliphatic carbocycles. The molecule has 0 spiro atoms. The van der Waals surface area contributed by atoms with Gasteiger partial charge in [0.2, 0.25) is 0 Å². The van der Waals surface area contributed by atoms with Gasteiger partial charge in [-0.1, -0.05) is 147 Å². The van der Waals surface area contributed by atoms with Crippen LogP contribution in [0, 0.1) is 0 Å². The van der Waals surface area contributed by atoms with E-state index in [1.54, 1.807) is 7.11 Å². The van der Waals surface area contributed by atoms with Crippen LogP contribution in [0.15, 0.2) is 156 Å². The van der Waals surface area contributed by atoms with E-state index in [2.05, 4.69) is 135 Å². The minimum Gasteiger partial charge on any atom is -0.496 e. The average Bonchev–Trinajstić information content (AvgIpc) is 3.55. The molecule has 0 saturated heterocycles. The summed E-state index contributed by atoms with van der Waals surface area (Å²) in [6.45, 7) is 8.19. The Morgan fingerprint density at radius 3 is 1.90 bits per heavy atom. The van der Waals surface area contributed by atoms with Gasteiger partial charge in [0, 0.05) is 22.4 Å². The third-order valence-corrected chi connectivity index (χ3v) is 8.85. The summed E-state index contributed by atoms with van der Waals surface area (Å²) in [4.78, 5) is 10.3. The van der Waals surface area contributed by atoms with E-state index in [0.29, 0.717) is 5.84 Å². The van der Waals surface area contributed by atoms with Crippen LogP contribution in [0.2, 0.25) is 0 Å². The molecule has 1 aliphatic rings. The normalized spacial score (nSPS) is 12.8. The summed E-state index contributed by atoms with van der Waals surface area (Å²) in [6, 6.07) is 50.9. The number of nitrogens with zero attached hydrogens (tertiary/aromatic N) is 2. The van der Waals surface area contributed by atoms with Gasteiger partial charge in [-0.15, -0.1) is 0 Å². The van der Waals surface area contributed by atoms with Gasteiger partial charge < -0.3 is 4.74 Å². The molecule has 1 unspecified atom stereocenters. The van der Waals surface area contributed by atoms with Crippen LogP contribution < -0.4 is 4.74 Å². The Morgan fingerprint density at radius 2 is 1.21 bits per heavy atom. The highest BCUT2D eigenvalue weighted by atomic mass is 16.5. The van der Waals surface area contributed by atoms with E-state index in [0.717, 1.165) is 51.3 Å². The third-order valence-electron chi connectivity index (χ3n) is 8.85. The maximum atomic E-state index is 6.16. The molecule has 48 heavy (non-hydrogen) atoms. The maximum Gasteiger partial charge on any atom is 0.155 e. The summed E-state index contributed by atoms with van der Waals surface area (Å²) < 4.78 is 6.16. The number of rotatable bonds is 7. The van der Waals surface area contributed by atoms with Crippen molar-refractivity contribution in [3.05, 3.63) is 173 Å². The van der Waals surface area contributed by atoms with Crippen LogP contribution in [-0.2, 0) is 6.42 Å². The van der Waals surface area contributed by atoms with Gasteiger partial charge in [0.15, 0.2) is 5.84 Å². The second-order valence-electron chi connectivity index (χ2n) is 11.7. The smallest absolute Gasteiger partial charge is 0.155 e. The SMILES string of the molecule is CC.COc1cc(C(C)=NC(=NC(C)c2ccccc2)c2ccccc2)cc(-c2cccc3c2Cc2ccccc2-3)c1-c1ccccc1. The van der Waals surface area contributed by atoms with Gasteiger partial charge in [-0.05, 0) is 76.9 Å². The lowest BCUT2D eigenvalue weighted by Gasteiger charge is -2.19. The van der Waals surface area contributed by atoms with E-state index in [1.807, 2.05) is 38.1 Å². The van der Waals surface area contributed by atoms with E-state index in [4.69, 9.17) is 14.7 Å². The monoisotopic (exact) mass is 626 g/mol. The molecule has 6 aromatic carbocycles. The molecule has 0 aromatic heterocycles. The predicted octanol–water partition coefficient (Wildman–Crippen LogP) is 11.6. The number of methoxy groups -OCH3 is 1. The minimum atomic E-state index is -0.0490. The van der Waals surface area contributed by atoms with E-state index >= 15 is 0 Å². The van der Waals surface area contributed by atoms with Crippen LogP contribution in [0.3, 0.4) is 0 Å². The Bertz CT molecular complexity index is 2060. The van der Waals surface area contributed by atoms with Crippen molar-refractivity contribution in [1.82, 2.24) is 0 Å². The molecule has 3 nitrogen and oxygen atoms in total. The van der Waals surface area contributed by atoms with Crippen LogP contribution >= 0.6 is 0 Å². The molecule has 3 heteroatoms. The lowest BCUT2D eigenvalue weighted by Crippen LogP contribution is -2.07. The number of ether oxygens (including phenoxy) is 1. The minimum absolute atomic E-state index is 0.0490. The van der Waals surface area contributed by atoms with Crippen molar-refractivity contribution in [1.29, 1.82) is 0 Å². The zero-order chi connectivity index (χ0) is 33.5. The lowest BCUT2D eigenvalue weighted by molar-refractivity contribution is 0.416. The summed E-state index contributed by atoms with van der Waals surface area (Å²) in [5, 5.41) is 0. The van der Waals surface area contributed by atoms with Crippen LogP contribution in [0.5, 0.6) is 5.75 Å². The van der Waals surface area contributed by atoms with Crippen LogP contribution in [0.4, 0.5) is 0 Å². The van der Waals surface area contributed by atoms with Gasteiger partial charge in [-0.2, -0.15) is 0 Å². The highest BCUT2D eigenvalue weighted by Crippen LogP contribution is 2.46. The zero-order valence-electron chi connectivity index (χ0n) is 28.4. The summed E-state index contributed by atoms with van der Waals surface area (Å²) in [5.41, 5.74) is 13.9. The fourth-order valence-corrected chi connectivity index (χ4v) is 6.48. The highest BCUT2D eigenvalue weighted by molar-refractivity contribution is 6.12. The molecule has 0 radical (unpaired) electrons. The van der Waals surface area contributed by atoms with Crippen molar-refractivity contribution in [2.24, 2.45) is 9.98 Å². The number of hydrogen-bond donors (Lipinski definition) is 0. The van der Waals surface area contributed by atoms with Gasteiger partial charge in [0.25, 0.3) is 0 Å². The molecule has 0 fully saturated rings. The number of fused-ring (bicyclic) bond motifs is 3. The van der Waals surface area contributed by atoms with E-state index in [-0.39, 0.29) is 6.04 Å². The number of amidine groups is 1. The molecule has 7 rings (SSSR count). The standard InChI is InChI=1S/C43H36N2O.C2H6/c1-29(31-16-7-4-8-17-31)44-43(33-20-11-6-12-21-33)45-30(2)35-27-40(42(41(28-35)46-3)32-18-9-5-10-19-32)38-25-15-24-37-36-23-14-13-22-34(36)26-39(37)38;1-2/h4-25,27-29H,26H2,1-3H3;1-2H3. The van der Waals surface area contributed by atoms with Crippen molar-refractivity contribution in [3.8, 4) is 39.1 Å². The van der Waals surface area contributed by atoms with Crippen molar-refractivity contribution < 1.29 is 4.74 Å². The van der Waals surface area contributed by atoms with Crippen molar-refractivity contribution in [2.75, 3.05) is 7.11 Å². The number of benzene rings is 6. The zero-order valence-corrected chi connectivity index (χ0v) is 28.4. The molecule has 0 saturated carbocycles. The van der Waals surface area contributed by atoms with E-state index < -0.39 is 0 Å². The second-order valence-corrected chi connectivity index (χ2v) is 11.7. The topological polar surface area (TPSA) is 34.0 Å². The Labute approximate surface area is 285 Å². The first-order chi connectivity index (χ1) is 23.6. The highest BCUT2D eigenvalue weighted by Gasteiger charge is 2.24. The van der Waals surface area contributed by atoms with Gasteiger partial charge in [0.05, 0.1) is 13.2 Å². The van der Waals surface area contributed by atoms with Gasteiger partial charge >= 0.3 is 0 Å². The summed E-state index contributed by atoms with van der Waals surface area (Å²) in [6.07, 6.45) is 0.901. The first-order valence-corrected chi connectivity index (χ1v) is 16.8. The Morgan fingerprint density at radius 1 is 0.625 bits per heavy atom. The second kappa shape index (κ2) is 14.9. The third kappa shape index (κ3) is 6.63. The fourth-order valence-electron chi connectivity index (χ4n) is 6.48. The molecule has 0 heterocycles. The van der Waals surface area contributed by atoms with Gasteiger partial charge in [0.1, 0.15) is 5.75 Å². The summed E-state index contributed by atoms with van der Waals surface area (Å²) >= 11 is 0. The molecular formula is C45H42N2O. The number of aliphatic imine (C=N–C) groups is 2. The largest absolute Gasteiger partial charge is 0.496 e. The summed E-state index contributed by atoms with van der Waals surface area (Å²) in [7, 11) is 1.76. The fraction of sp³-hybridized carbons (Fsp3) is 0.156. The molecular weight excluding hydrogens is 585 g/mol. The molecule has 0 bridgehead atoms. The molecule has 1 atom stereocenters. The first-order valence-electron chi connectivity index (χ1n) is 16.8. The predicted molar refractivity (Wildman–Crippen MR) is 204 cm³/mol. The molecule has 6 aromatic rings. The van der Waals surface area contributed by atoms with Crippen molar-refractivity contribution in [2.45, 2.75) is 40.2 Å². The van der Waals surface area contributed by atoms with E-state index in [1.165, 1.54) is 27.8 Å². The maximum absolute atomic E-state index is 6.16.